The van der Waals surface area contributed by atoms with Gasteiger partial charge in [0.2, 0.25) is 6.41 Å². The highest BCUT2D eigenvalue weighted by molar-refractivity contribution is 5.81. The molecule has 25 heavy (non-hydrogen) atoms. The highest BCUT2D eigenvalue weighted by atomic mass is 16.5. The summed E-state index contributed by atoms with van der Waals surface area (Å²) < 4.78 is 6.05. The monoisotopic (exact) mass is 332 g/mol. The number of amides is 1. The maximum Gasteiger partial charge on any atom is 0.209 e. The van der Waals surface area contributed by atoms with E-state index in [1.165, 1.54) is 0 Å². The van der Waals surface area contributed by atoms with Gasteiger partial charge in [0.25, 0.3) is 0 Å². The zero-order chi connectivity index (χ0) is 17.1. The smallest absolute Gasteiger partial charge is 0.209 e. The van der Waals surface area contributed by atoms with Crippen molar-refractivity contribution in [2.24, 2.45) is 0 Å². The number of carbonyl (C=O) groups is 1. The number of carbonyl (C=O) groups excluding carboxylic acids is 1. The van der Waals surface area contributed by atoms with Gasteiger partial charge in [-0.3, -0.25) is 4.79 Å². The Morgan fingerprint density at radius 3 is 2.48 bits per heavy atom. The van der Waals surface area contributed by atoms with Gasteiger partial charge in [-0.15, -0.1) is 0 Å². The number of aromatic nitrogens is 1. The van der Waals surface area contributed by atoms with Crippen LogP contribution in [0.1, 0.15) is 12.8 Å². The van der Waals surface area contributed by atoms with E-state index >= 15 is 0 Å². The van der Waals surface area contributed by atoms with E-state index in [1.54, 1.807) is 4.90 Å². The molecule has 0 unspecified atom stereocenters. The molecule has 0 radical (unpaired) electrons. The molecule has 4 heteroatoms. The summed E-state index contributed by atoms with van der Waals surface area (Å²) in [5.41, 5.74) is 3.04. The Morgan fingerprint density at radius 1 is 0.960 bits per heavy atom. The number of likely N-dealkylation sites (tertiary alicyclic amines) is 1. The topological polar surface area (TPSA) is 42.4 Å². The summed E-state index contributed by atoms with van der Waals surface area (Å²) in [4.78, 5) is 17.3. The third-order valence-corrected chi connectivity index (χ3v) is 4.68. The fourth-order valence-electron chi connectivity index (χ4n) is 3.22. The molecule has 1 aliphatic heterocycles. The molecule has 0 aliphatic carbocycles. The number of pyridine rings is 1. The standard InChI is InChI=1S/C21H20N2O2/c24-15-23-13-11-19(12-14-23)25-18-8-5-17(6-9-18)21-10-7-16-3-1-2-4-20(16)22-21/h1-10,15,19H,11-14H2. The van der Waals surface area contributed by atoms with E-state index in [4.69, 9.17) is 9.72 Å². The van der Waals surface area contributed by atoms with Crippen molar-refractivity contribution in [2.75, 3.05) is 13.1 Å². The van der Waals surface area contributed by atoms with Crippen LogP contribution in [0.4, 0.5) is 0 Å². The Balaban J connectivity index is 1.47. The van der Waals surface area contributed by atoms with Crippen LogP contribution < -0.4 is 4.74 Å². The predicted octanol–water partition coefficient (Wildman–Crippen LogP) is 3.90. The Bertz CT molecular complexity index is 868. The molecule has 1 aromatic heterocycles. The van der Waals surface area contributed by atoms with E-state index in [-0.39, 0.29) is 6.10 Å². The van der Waals surface area contributed by atoms with Crippen molar-refractivity contribution in [1.29, 1.82) is 0 Å². The molecule has 1 amide bonds. The third kappa shape index (κ3) is 3.48. The average molecular weight is 332 g/mol. The van der Waals surface area contributed by atoms with E-state index < -0.39 is 0 Å². The Hall–Kier alpha value is -2.88. The number of ether oxygens (including phenoxy) is 1. The van der Waals surface area contributed by atoms with Crippen molar-refractivity contribution in [3.05, 3.63) is 60.7 Å². The number of hydrogen-bond acceptors (Lipinski definition) is 3. The van der Waals surface area contributed by atoms with Crippen molar-refractivity contribution >= 4 is 17.3 Å². The minimum atomic E-state index is 0.181. The van der Waals surface area contributed by atoms with Gasteiger partial charge in [0.05, 0.1) is 11.2 Å². The number of para-hydroxylation sites is 1. The largest absolute Gasteiger partial charge is 0.490 e. The molecule has 0 saturated carbocycles. The lowest BCUT2D eigenvalue weighted by molar-refractivity contribution is -0.119. The first-order valence-corrected chi connectivity index (χ1v) is 8.64. The molecule has 4 rings (SSSR count). The molecule has 126 valence electrons. The molecule has 0 N–H and O–H groups in total. The van der Waals surface area contributed by atoms with Crippen LogP contribution in [0.15, 0.2) is 60.7 Å². The average Bonchev–Trinajstić information content (AvgIpc) is 2.69. The van der Waals surface area contributed by atoms with Gasteiger partial charge in [-0.25, -0.2) is 4.98 Å². The maximum atomic E-state index is 10.8. The molecule has 0 spiro atoms. The molecule has 1 saturated heterocycles. The van der Waals surface area contributed by atoms with Gasteiger partial charge in [0.15, 0.2) is 0 Å². The maximum absolute atomic E-state index is 10.8. The van der Waals surface area contributed by atoms with Gasteiger partial charge in [0, 0.05) is 36.9 Å². The van der Waals surface area contributed by atoms with E-state index in [0.29, 0.717) is 0 Å². The Labute approximate surface area is 147 Å². The normalized spacial score (nSPS) is 15.3. The van der Waals surface area contributed by atoms with Gasteiger partial charge in [0.1, 0.15) is 11.9 Å². The Morgan fingerprint density at radius 2 is 1.72 bits per heavy atom. The quantitative estimate of drug-likeness (QED) is 0.681. The summed E-state index contributed by atoms with van der Waals surface area (Å²) >= 11 is 0. The molecular formula is C21H20N2O2. The van der Waals surface area contributed by atoms with Crippen molar-refractivity contribution in [2.45, 2.75) is 18.9 Å². The molecule has 0 bridgehead atoms. The third-order valence-electron chi connectivity index (χ3n) is 4.68. The van der Waals surface area contributed by atoms with Crippen LogP contribution >= 0.6 is 0 Å². The fourth-order valence-corrected chi connectivity index (χ4v) is 3.22. The van der Waals surface area contributed by atoms with Crippen molar-refractivity contribution < 1.29 is 9.53 Å². The SMILES string of the molecule is O=CN1CCC(Oc2ccc(-c3ccc4ccccc4n3)cc2)CC1. The lowest BCUT2D eigenvalue weighted by Gasteiger charge is -2.29. The molecule has 2 aromatic carbocycles. The van der Waals surface area contributed by atoms with Gasteiger partial charge < -0.3 is 9.64 Å². The summed E-state index contributed by atoms with van der Waals surface area (Å²) in [6, 6.07) is 20.4. The van der Waals surface area contributed by atoms with E-state index in [0.717, 1.165) is 60.3 Å². The lowest BCUT2D eigenvalue weighted by Crippen LogP contribution is -2.37. The Kier molecular flexibility index (Phi) is 4.34. The highest BCUT2D eigenvalue weighted by Gasteiger charge is 2.19. The van der Waals surface area contributed by atoms with Crippen molar-refractivity contribution in [1.82, 2.24) is 9.88 Å². The number of benzene rings is 2. The second-order valence-electron chi connectivity index (χ2n) is 6.37. The minimum absolute atomic E-state index is 0.181. The van der Waals surface area contributed by atoms with E-state index in [1.807, 2.05) is 48.5 Å². The first-order valence-electron chi connectivity index (χ1n) is 8.64. The van der Waals surface area contributed by atoms with Crippen LogP contribution in [0.25, 0.3) is 22.2 Å². The molecule has 2 heterocycles. The number of rotatable bonds is 4. The summed E-state index contributed by atoms with van der Waals surface area (Å²) in [5, 5.41) is 1.15. The van der Waals surface area contributed by atoms with Crippen LogP contribution in [0.3, 0.4) is 0 Å². The first kappa shape index (κ1) is 15.6. The van der Waals surface area contributed by atoms with Gasteiger partial charge in [-0.1, -0.05) is 24.3 Å². The van der Waals surface area contributed by atoms with Crippen LogP contribution in [-0.2, 0) is 4.79 Å². The second-order valence-corrected chi connectivity index (χ2v) is 6.37. The van der Waals surface area contributed by atoms with Gasteiger partial charge in [-0.05, 0) is 36.4 Å². The summed E-state index contributed by atoms with van der Waals surface area (Å²) in [6.45, 7) is 1.54. The molecule has 0 atom stereocenters. The summed E-state index contributed by atoms with van der Waals surface area (Å²) in [7, 11) is 0. The van der Waals surface area contributed by atoms with Gasteiger partial charge in [-0.2, -0.15) is 0 Å². The molecular weight excluding hydrogens is 312 g/mol. The molecule has 1 aliphatic rings. The molecule has 4 nitrogen and oxygen atoms in total. The zero-order valence-corrected chi connectivity index (χ0v) is 14.0. The van der Waals surface area contributed by atoms with E-state index in [9.17, 15) is 4.79 Å². The van der Waals surface area contributed by atoms with Crippen molar-refractivity contribution in [3.63, 3.8) is 0 Å². The molecule has 1 fully saturated rings. The number of fused-ring (bicyclic) bond motifs is 1. The number of nitrogens with zero attached hydrogens (tertiary/aromatic N) is 2. The summed E-state index contributed by atoms with van der Waals surface area (Å²) in [5.74, 6) is 0.870. The zero-order valence-electron chi connectivity index (χ0n) is 14.0. The fraction of sp³-hybridized carbons (Fsp3) is 0.238. The molecule has 3 aromatic rings. The lowest BCUT2D eigenvalue weighted by atomic mass is 10.1. The van der Waals surface area contributed by atoms with Crippen LogP contribution in [-0.4, -0.2) is 35.5 Å². The summed E-state index contributed by atoms with van der Waals surface area (Å²) in [6.07, 6.45) is 2.86. The number of piperidine rings is 1. The minimum Gasteiger partial charge on any atom is -0.490 e. The predicted molar refractivity (Wildman–Crippen MR) is 98.5 cm³/mol. The first-order chi connectivity index (χ1) is 12.3. The van der Waals surface area contributed by atoms with Crippen LogP contribution in [0.2, 0.25) is 0 Å². The van der Waals surface area contributed by atoms with E-state index in [2.05, 4.69) is 12.1 Å². The van der Waals surface area contributed by atoms with Crippen LogP contribution in [0.5, 0.6) is 5.75 Å². The highest BCUT2D eigenvalue weighted by Crippen LogP contribution is 2.25. The van der Waals surface area contributed by atoms with Gasteiger partial charge >= 0.3 is 0 Å². The second kappa shape index (κ2) is 6.93. The number of hydrogen-bond donors (Lipinski definition) is 0. The van der Waals surface area contributed by atoms with Crippen molar-refractivity contribution in [3.8, 4) is 17.0 Å². The van der Waals surface area contributed by atoms with Crippen LogP contribution in [0, 0.1) is 0 Å².